The normalized spacial score (nSPS) is 16.8. The van der Waals surface area contributed by atoms with Crippen molar-refractivity contribution >= 4 is 50.3 Å². The third-order valence-corrected chi connectivity index (χ3v) is 6.92. The number of benzene rings is 2. The van der Waals surface area contributed by atoms with E-state index in [2.05, 4.69) is 71.8 Å². The number of rotatable bonds is 1. The number of halogens is 1. The molecule has 1 fully saturated rings. The van der Waals surface area contributed by atoms with Gasteiger partial charge in [-0.2, -0.15) is 0 Å². The maximum atomic E-state index is 6.14. The Morgan fingerprint density at radius 3 is 1.78 bits per heavy atom. The molecule has 32 heavy (non-hydrogen) atoms. The van der Waals surface area contributed by atoms with Crippen molar-refractivity contribution < 1.29 is 9.31 Å². The SMILES string of the molecule is Cc1ccc2c(B3OC(C)(C)C(C)(C)O3)cccc2n1.Cc1ccc2c(Br)cccc2n1. The van der Waals surface area contributed by atoms with Crippen LogP contribution in [-0.2, 0) is 9.31 Å². The Labute approximate surface area is 198 Å². The fourth-order valence-electron chi connectivity index (χ4n) is 3.68. The molecule has 0 N–H and O–H groups in total. The summed E-state index contributed by atoms with van der Waals surface area (Å²) in [6.07, 6.45) is 0. The van der Waals surface area contributed by atoms with Crippen LogP contribution in [0.3, 0.4) is 0 Å². The lowest BCUT2D eigenvalue weighted by molar-refractivity contribution is 0.00578. The predicted molar refractivity (Wildman–Crippen MR) is 136 cm³/mol. The minimum Gasteiger partial charge on any atom is -0.399 e. The van der Waals surface area contributed by atoms with Crippen LogP contribution < -0.4 is 5.46 Å². The van der Waals surface area contributed by atoms with Crippen molar-refractivity contribution in [3.63, 3.8) is 0 Å². The second-order valence-corrected chi connectivity index (χ2v) is 10.1. The molecule has 1 aliphatic rings. The molecule has 0 aliphatic carbocycles. The molecule has 1 aliphatic heterocycles. The highest BCUT2D eigenvalue weighted by molar-refractivity contribution is 9.10. The maximum Gasteiger partial charge on any atom is 0.495 e. The number of hydrogen-bond donors (Lipinski definition) is 0. The molecule has 2 aromatic heterocycles. The molecule has 0 unspecified atom stereocenters. The first kappa shape index (κ1) is 22.9. The Bertz CT molecular complexity index is 1270. The summed E-state index contributed by atoms with van der Waals surface area (Å²) in [5, 5.41) is 2.26. The number of aromatic nitrogens is 2. The Kier molecular flexibility index (Phi) is 6.14. The molecule has 4 nitrogen and oxygen atoms in total. The van der Waals surface area contributed by atoms with Gasteiger partial charge in [0.15, 0.2) is 0 Å². The van der Waals surface area contributed by atoms with Crippen molar-refractivity contribution in [1.82, 2.24) is 9.97 Å². The highest BCUT2D eigenvalue weighted by Crippen LogP contribution is 2.37. The molecule has 4 aromatic rings. The maximum absolute atomic E-state index is 6.14. The van der Waals surface area contributed by atoms with Crippen molar-refractivity contribution in [1.29, 1.82) is 0 Å². The molecule has 0 radical (unpaired) electrons. The molecule has 0 saturated carbocycles. The van der Waals surface area contributed by atoms with Crippen molar-refractivity contribution in [2.75, 3.05) is 0 Å². The van der Waals surface area contributed by atoms with Gasteiger partial charge in [0.25, 0.3) is 0 Å². The second-order valence-electron chi connectivity index (χ2n) is 9.21. The lowest BCUT2D eigenvalue weighted by Crippen LogP contribution is -2.41. The van der Waals surface area contributed by atoms with E-state index < -0.39 is 0 Å². The molecule has 0 amide bonds. The van der Waals surface area contributed by atoms with E-state index in [-0.39, 0.29) is 18.3 Å². The van der Waals surface area contributed by atoms with E-state index in [4.69, 9.17) is 9.31 Å². The molecule has 0 spiro atoms. The van der Waals surface area contributed by atoms with Gasteiger partial charge in [-0.25, -0.2) is 0 Å². The molecule has 5 rings (SSSR count). The Morgan fingerprint density at radius 2 is 1.19 bits per heavy atom. The summed E-state index contributed by atoms with van der Waals surface area (Å²) in [6, 6.07) is 20.4. The summed E-state index contributed by atoms with van der Waals surface area (Å²) in [5.41, 5.74) is 4.51. The van der Waals surface area contributed by atoms with E-state index in [1.807, 2.05) is 56.3 Å². The van der Waals surface area contributed by atoms with Crippen LogP contribution in [0.5, 0.6) is 0 Å². The molecular weight excluding hydrogens is 463 g/mol. The van der Waals surface area contributed by atoms with E-state index >= 15 is 0 Å². The zero-order valence-electron chi connectivity index (χ0n) is 19.4. The standard InChI is InChI=1S/C16H20BNO2.C10H8BrN/c1-11-9-10-12-13(7-6-8-14(12)18-11)17-19-15(2,3)16(4,5)20-17;1-7-5-6-8-9(11)3-2-4-10(8)12-7/h6-10H,1-5H3;2-6H,1H3. The quantitative estimate of drug-likeness (QED) is 0.300. The lowest BCUT2D eigenvalue weighted by Gasteiger charge is -2.32. The summed E-state index contributed by atoms with van der Waals surface area (Å²) >= 11 is 3.48. The molecule has 3 heterocycles. The summed E-state index contributed by atoms with van der Waals surface area (Å²) in [4.78, 5) is 8.98. The fourth-order valence-corrected chi connectivity index (χ4v) is 4.16. The van der Waals surface area contributed by atoms with Crippen LogP contribution in [0.2, 0.25) is 0 Å². The van der Waals surface area contributed by atoms with Gasteiger partial charge in [0.1, 0.15) is 0 Å². The predicted octanol–water partition coefficient (Wildman–Crippen LogP) is 6.15. The van der Waals surface area contributed by atoms with E-state index in [1.165, 1.54) is 5.39 Å². The van der Waals surface area contributed by atoms with Crippen LogP contribution >= 0.6 is 15.9 Å². The zero-order valence-corrected chi connectivity index (χ0v) is 21.0. The van der Waals surface area contributed by atoms with E-state index in [0.29, 0.717) is 0 Å². The first-order valence-corrected chi connectivity index (χ1v) is 11.6. The number of aryl methyl sites for hydroxylation is 2. The van der Waals surface area contributed by atoms with Gasteiger partial charge in [-0.05, 0) is 88.8 Å². The van der Waals surface area contributed by atoms with Gasteiger partial charge >= 0.3 is 7.12 Å². The highest BCUT2D eigenvalue weighted by atomic mass is 79.9. The molecule has 2 aromatic carbocycles. The van der Waals surface area contributed by atoms with Crippen LogP contribution in [0, 0.1) is 13.8 Å². The summed E-state index contributed by atoms with van der Waals surface area (Å²) in [5.74, 6) is 0. The molecule has 0 atom stereocenters. The van der Waals surface area contributed by atoms with E-state index in [0.717, 1.165) is 37.7 Å². The largest absolute Gasteiger partial charge is 0.495 e. The van der Waals surface area contributed by atoms with Gasteiger partial charge in [0.2, 0.25) is 0 Å². The minimum absolute atomic E-state index is 0.321. The third kappa shape index (κ3) is 4.45. The highest BCUT2D eigenvalue weighted by Gasteiger charge is 2.52. The number of hydrogen-bond acceptors (Lipinski definition) is 4. The lowest BCUT2D eigenvalue weighted by atomic mass is 9.76. The number of pyridine rings is 2. The second kappa shape index (κ2) is 8.58. The van der Waals surface area contributed by atoms with Crippen molar-refractivity contribution in [2.45, 2.75) is 52.7 Å². The average molecular weight is 491 g/mol. The van der Waals surface area contributed by atoms with Gasteiger partial charge in [0.05, 0.1) is 22.2 Å². The van der Waals surface area contributed by atoms with Crippen molar-refractivity contribution in [2.24, 2.45) is 0 Å². The van der Waals surface area contributed by atoms with Gasteiger partial charge in [0, 0.05) is 21.2 Å². The van der Waals surface area contributed by atoms with Crippen LogP contribution in [0.25, 0.3) is 21.8 Å². The van der Waals surface area contributed by atoms with Crippen molar-refractivity contribution in [3.8, 4) is 0 Å². The number of fused-ring (bicyclic) bond motifs is 2. The molecule has 1 saturated heterocycles. The summed E-state index contributed by atoms with van der Waals surface area (Å²) in [7, 11) is -0.340. The monoisotopic (exact) mass is 490 g/mol. The van der Waals surface area contributed by atoms with E-state index in [9.17, 15) is 0 Å². The van der Waals surface area contributed by atoms with Crippen LogP contribution in [0.15, 0.2) is 65.1 Å². The van der Waals surface area contributed by atoms with Crippen LogP contribution in [-0.4, -0.2) is 28.3 Å². The van der Waals surface area contributed by atoms with Gasteiger partial charge < -0.3 is 9.31 Å². The first-order valence-electron chi connectivity index (χ1n) is 10.8. The van der Waals surface area contributed by atoms with E-state index in [1.54, 1.807) is 0 Å². The zero-order chi connectivity index (χ0) is 23.1. The average Bonchev–Trinajstić information content (AvgIpc) is 2.95. The van der Waals surface area contributed by atoms with Gasteiger partial charge in [-0.3, -0.25) is 9.97 Å². The molecular formula is C26H28BBrN2O2. The first-order chi connectivity index (χ1) is 15.1. The van der Waals surface area contributed by atoms with Gasteiger partial charge in [-0.15, -0.1) is 0 Å². The topological polar surface area (TPSA) is 44.2 Å². The number of nitrogens with zero attached hydrogens (tertiary/aromatic N) is 2. The van der Waals surface area contributed by atoms with Crippen LogP contribution in [0.4, 0.5) is 0 Å². The summed E-state index contributed by atoms with van der Waals surface area (Å²) < 4.78 is 13.4. The Hall–Kier alpha value is -2.28. The smallest absolute Gasteiger partial charge is 0.399 e. The van der Waals surface area contributed by atoms with Crippen LogP contribution in [0.1, 0.15) is 39.1 Å². The minimum atomic E-state index is -0.340. The molecule has 0 bridgehead atoms. The Balaban J connectivity index is 0.000000174. The third-order valence-electron chi connectivity index (χ3n) is 6.23. The van der Waals surface area contributed by atoms with Gasteiger partial charge in [-0.1, -0.05) is 40.2 Å². The molecule has 164 valence electrons. The fraction of sp³-hybridized carbons (Fsp3) is 0.308. The Morgan fingerprint density at radius 1 is 0.688 bits per heavy atom. The van der Waals surface area contributed by atoms with Crippen molar-refractivity contribution in [3.05, 3.63) is 76.5 Å². The molecule has 6 heteroatoms. The summed E-state index contributed by atoms with van der Waals surface area (Å²) in [6.45, 7) is 12.3.